The minimum absolute atomic E-state index is 0.0676. The van der Waals surface area contributed by atoms with Gasteiger partial charge < -0.3 is 9.80 Å². The van der Waals surface area contributed by atoms with Crippen LogP contribution in [0.25, 0.3) is 0 Å². The van der Waals surface area contributed by atoms with Crippen molar-refractivity contribution >= 4 is 12.3 Å². The quantitative estimate of drug-likeness (QED) is 0.736. The Morgan fingerprint density at radius 1 is 1.17 bits per heavy atom. The van der Waals surface area contributed by atoms with Crippen molar-refractivity contribution < 1.29 is 9.59 Å². The van der Waals surface area contributed by atoms with Crippen molar-refractivity contribution in [3.63, 3.8) is 0 Å². The Bertz CT molecular complexity index is 463. The molecule has 0 unspecified atom stereocenters. The molecule has 4 nitrogen and oxygen atoms in total. The summed E-state index contributed by atoms with van der Waals surface area (Å²) in [6, 6.07) is 5.87. The number of benzene rings is 1. The third-order valence-electron chi connectivity index (χ3n) is 3.36. The minimum Gasteiger partial charge on any atom is -0.342 e. The molecule has 0 saturated carbocycles. The van der Waals surface area contributed by atoms with Gasteiger partial charge in [-0.15, -0.1) is 0 Å². The molecule has 1 aromatic rings. The molecule has 0 spiro atoms. The van der Waals surface area contributed by atoms with E-state index in [0.29, 0.717) is 26.2 Å². The lowest BCUT2D eigenvalue weighted by Crippen LogP contribution is -2.48. The van der Waals surface area contributed by atoms with Gasteiger partial charge in [0.2, 0.25) is 6.41 Å². The van der Waals surface area contributed by atoms with E-state index in [-0.39, 0.29) is 5.91 Å². The summed E-state index contributed by atoms with van der Waals surface area (Å²) in [6.45, 7) is 6.46. The number of amides is 2. The smallest absolute Gasteiger partial charge is 0.254 e. The van der Waals surface area contributed by atoms with E-state index in [1.807, 2.05) is 36.9 Å². The van der Waals surface area contributed by atoms with Crippen molar-refractivity contribution in [1.29, 1.82) is 0 Å². The van der Waals surface area contributed by atoms with Crippen LogP contribution in [0.3, 0.4) is 0 Å². The maximum atomic E-state index is 12.3. The lowest BCUT2D eigenvalue weighted by Gasteiger charge is -2.32. The summed E-state index contributed by atoms with van der Waals surface area (Å²) in [6.07, 6.45) is 0.846. The first-order chi connectivity index (χ1) is 8.61. The predicted octanol–water partition coefficient (Wildman–Crippen LogP) is 1.22. The summed E-state index contributed by atoms with van der Waals surface area (Å²) in [5, 5.41) is 0. The van der Waals surface area contributed by atoms with E-state index in [2.05, 4.69) is 0 Å². The highest BCUT2D eigenvalue weighted by Gasteiger charge is 2.22. The summed E-state index contributed by atoms with van der Waals surface area (Å²) in [7, 11) is 0. The molecule has 4 heteroatoms. The molecule has 2 amide bonds. The van der Waals surface area contributed by atoms with E-state index in [0.717, 1.165) is 23.1 Å². The molecular formula is C14H18N2O2. The largest absolute Gasteiger partial charge is 0.342 e. The van der Waals surface area contributed by atoms with Crippen LogP contribution in [-0.4, -0.2) is 48.3 Å². The fraction of sp³-hybridized carbons (Fsp3) is 0.429. The second kappa shape index (κ2) is 5.21. The molecule has 0 bridgehead atoms. The van der Waals surface area contributed by atoms with Crippen LogP contribution < -0.4 is 0 Å². The van der Waals surface area contributed by atoms with Gasteiger partial charge in [0.05, 0.1) is 0 Å². The molecule has 2 rings (SSSR count). The van der Waals surface area contributed by atoms with Gasteiger partial charge in [-0.2, -0.15) is 0 Å². The van der Waals surface area contributed by atoms with Crippen LogP contribution in [-0.2, 0) is 4.79 Å². The third-order valence-corrected chi connectivity index (χ3v) is 3.36. The molecule has 1 fully saturated rings. The first kappa shape index (κ1) is 12.6. The van der Waals surface area contributed by atoms with Gasteiger partial charge in [0.1, 0.15) is 0 Å². The first-order valence-corrected chi connectivity index (χ1v) is 6.17. The lowest BCUT2D eigenvalue weighted by molar-refractivity contribution is -0.119. The van der Waals surface area contributed by atoms with Gasteiger partial charge in [-0.05, 0) is 25.5 Å². The molecule has 0 aliphatic carbocycles. The van der Waals surface area contributed by atoms with E-state index in [9.17, 15) is 9.59 Å². The molecule has 18 heavy (non-hydrogen) atoms. The van der Waals surface area contributed by atoms with Crippen LogP contribution in [0.2, 0.25) is 0 Å². The normalized spacial score (nSPS) is 15.7. The van der Waals surface area contributed by atoms with Crippen LogP contribution in [0.15, 0.2) is 18.2 Å². The van der Waals surface area contributed by atoms with Crippen molar-refractivity contribution in [3.05, 3.63) is 34.9 Å². The highest BCUT2D eigenvalue weighted by Crippen LogP contribution is 2.14. The number of carbonyl (C=O) groups is 2. The van der Waals surface area contributed by atoms with Crippen LogP contribution in [0.1, 0.15) is 21.5 Å². The Hall–Kier alpha value is -1.84. The number of hydrogen-bond donors (Lipinski definition) is 0. The number of hydrogen-bond acceptors (Lipinski definition) is 2. The number of carbonyl (C=O) groups excluding carboxylic acids is 2. The zero-order valence-corrected chi connectivity index (χ0v) is 10.8. The van der Waals surface area contributed by atoms with Gasteiger partial charge in [-0.1, -0.05) is 17.7 Å². The second-order valence-electron chi connectivity index (χ2n) is 4.75. The van der Waals surface area contributed by atoms with Crippen LogP contribution >= 0.6 is 0 Å². The van der Waals surface area contributed by atoms with E-state index in [4.69, 9.17) is 0 Å². The Balaban J connectivity index is 2.10. The van der Waals surface area contributed by atoms with Gasteiger partial charge >= 0.3 is 0 Å². The van der Waals surface area contributed by atoms with Gasteiger partial charge in [-0.25, -0.2) is 0 Å². The molecule has 1 aromatic carbocycles. The van der Waals surface area contributed by atoms with E-state index in [1.54, 1.807) is 4.90 Å². The highest BCUT2D eigenvalue weighted by molar-refractivity contribution is 5.95. The van der Waals surface area contributed by atoms with Crippen molar-refractivity contribution in [2.75, 3.05) is 26.2 Å². The van der Waals surface area contributed by atoms with Crippen molar-refractivity contribution in [3.8, 4) is 0 Å². The average Bonchev–Trinajstić information content (AvgIpc) is 2.38. The number of nitrogens with zero attached hydrogens (tertiary/aromatic N) is 2. The van der Waals surface area contributed by atoms with Crippen molar-refractivity contribution in [1.82, 2.24) is 9.80 Å². The monoisotopic (exact) mass is 246 g/mol. The summed E-state index contributed by atoms with van der Waals surface area (Å²) in [5.41, 5.74) is 2.94. The Morgan fingerprint density at radius 3 is 2.39 bits per heavy atom. The summed E-state index contributed by atoms with van der Waals surface area (Å²) < 4.78 is 0. The summed E-state index contributed by atoms with van der Waals surface area (Å²) in [5.74, 6) is 0.0676. The maximum Gasteiger partial charge on any atom is 0.254 e. The lowest BCUT2D eigenvalue weighted by atomic mass is 10.0. The van der Waals surface area contributed by atoms with E-state index < -0.39 is 0 Å². The second-order valence-corrected chi connectivity index (χ2v) is 4.75. The highest BCUT2D eigenvalue weighted by atomic mass is 16.2. The van der Waals surface area contributed by atoms with Gasteiger partial charge in [0.25, 0.3) is 5.91 Å². The average molecular weight is 246 g/mol. The summed E-state index contributed by atoms with van der Waals surface area (Å²) >= 11 is 0. The first-order valence-electron chi connectivity index (χ1n) is 6.17. The Morgan fingerprint density at radius 2 is 1.83 bits per heavy atom. The zero-order valence-electron chi connectivity index (χ0n) is 10.8. The third kappa shape index (κ3) is 2.53. The number of piperazine rings is 1. The molecule has 96 valence electrons. The van der Waals surface area contributed by atoms with Gasteiger partial charge in [-0.3, -0.25) is 9.59 Å². The molecule has 1 saturated heterocycles. The van der Waals surface area contributed by atoms with Crippen LogP contribution in [0.4, 0.5) is 0 Å². The minimum atomic E-state index is 0.0676. The van der Waals surface area contributed by atoms with Crippen molar-refractivity contribution in [2.24, 2.45) is 0 Å². The van der Waals surface area contributed by atoms with E-state index in [1.165, 1.54) is 0 Å². The van der Waals surface area contributed by atoms with Crippen LogP contribution in [0.5, 0.6) is 0 Å². The predicted molar refractivity (Wildman–Crippen MR) is 69.5 cm³/mol. The SMILES string of the molecule is Cc1ccc(C(=O)N2CCN(C=O)CC2)c(C)c1. The molecule has 1 aliphatic rings. The Labute approximate surface area is 107 Å². The van der Waals surface area contributed by atoms with Gasteiger partial charge in [0, 0.05) is 31.7 Å². The molecule has 0 radical (unpaired) electrons. The molecule has 0 atom stereocenters. The molecular weight excluding hydrogens is 228 g/mol. The van der Waals surface area contributed by atoms with Gasteiger partial charge in [0.15, 0.2) is 0 Å². The number of rotatable bonds is 2. The summed E-state index contributed by atoms with van der Waals surface area (Å²) in [4.78, 5) is 26.5. The fourth-order valence-electron chi connectivity index (χ4n) is 2.25. The number of aryl methyl sites for hydroxylation is 2. The van der Waals surface area contributed by atoms with E-state index >= 15 is 0 Å². The van der Waals surface area contributed by atoms with Crippen LogP contribution in [0, 0.1) is 13.8 Å². The zero-order chi connectivity index (χ0) is 13.1. The molecule has 0 aromatic heterocycles. The molecule has 1 aliphatic heterocycles. The fourth-order valence-corrected chi connectivity index (χ4v) is 2.25. The van der Waals surface area contributed by atoms with Crippen molar-refractivity contribution in [2.45, 2.75) is 13.8 Å². The molecule has 0 N–H and O–H groups in total. The standard InChI is InChI=1S/C14H18N2O2/c1-11-3-4-13(12(2)9-11)14(18)16-7-5-15(10-17)6-8-16/h3-4,9-10H,5-8H2,1-2H3. The maximum absolute atomic E-state index is 12.3. The topological polar surface area (TPSA) is 40.6 Å². The Kier molecular flexibility index (Phi) is 3.65. The molecule has 1 heterocycles.